The Hall–Kier alpha value is -0.120. The Bertz CT molecular complexity index is 108. The number of hydrogen-bond donors (Lipinski definition) is 1. The summed E-state index contributed by atoms with van der Waals surface area (Å²) >= 11 is 0. The highest BCUT2D eigenvalue weighted by atomic mass is 15.2. The van der Waals surface area contributed by atoms with Crippen molar-refractivity contribution >= 4 is 0 Å². The first-order valence-corrected chi connectivity index (χ1v) is 4.33. The van der Waals surface area contributed by atoms with Crippen LogP contribution in [-0.4, -0.2) is 49.7 Å². The van der Waals surface area contributed by atoms with Gasteiger partial charge in [-0.15, -0.1) is 0 Å². The third-order valence-corrected chi connectivity index (χ3v) is 2.60. The highest BCUT2D eigenvalue weighted by Crippen LogP contribution is 2.12. The lowest BCUT2D eigenvalue weighted by Crippen LogP contribution is -2.43. The predicted molar refractivity (Wildman–Crippen MR) is 47.3 cm³/mol. The molecule has 0 bridgehead atoms. The van der Waals surface area contributed by atoms with E-state index in [1.807, 2.05) is 0 Å². The van der Waals surface area contributed by atoms with E-state index in [1.165, 1.54) is 25.9 Å². The molecule has 0 atom stereocenters. The number of nitrogens with zero attached hydrogens (tertiary/aromatic N) is 2. The first kappa shape index (κ1) is 8.97. The second-order valence-corrected chi connectivity index (χ2v) is 3.47. The third-order valence-electron chi connectivity index (χ3n) is 2.60. The maximum atomic E-state index is 5.55. The van der Waals surface area contributed by atoms with E-state index >= 15 is 0 Å². The summed E-state index contributed by atoms with van der Waals surface area (Å²) in [4.78, 5) is 4.62. The molecule has 0 amide bonds. The standard InChI is InChI=1S/C8H19N3/c1-10-5-3-8(4-6-10)11(2)7-9/h8H,3-7,9H2,1-2H3. The molecule has 1 aliphatic rings. The fourth-order valence-corrected chi connectivity index (χ4v) is 1.58. The van der Waals surface area contributed by atoms with Crippen molar-refractivity contribution in [3.63, 3.8) is 0 Å². The van der Waals surface area contributed by atoms with E-state index in [9.17, 15) is 0 Å². The lowest BCUT2D eigenvalue weighted by Gasteiger charge is -2.34. The minimum atomic E-state index is 0.689. The average molecular weight is 157 g/mol. The van der Waals surface area contributed by atoms with Gasteiger partial charge in [0.15, 0.2) is 0 Å². The van der Waals surface area contributed by atoms with Crippen LogP contribution < -0.4 is 5.73 Å². The molecule has 1 saturated heterocycles. The van der Waals surface area contributed by atoms with Gasteiger partial charge in [0, 0.05) is 12.7 Å². The van der Waals surface area contributed by atoms with Gasteiger partial charge in [-0.1, -0.05) is 0 Å². The number of hydrogen-bond acceptors (Lipinski definition) is 3. The van der Waals surface area contributed by atoms with E-state index in [-0.39, 0.29) is 0 Å². The van der Waals surface area contributed by atoms with Crippen LogP contribution >= 0.6 is 0 Å². The lowest BCUT2D eigenvalue weighted by atomic mass is 10.0. The van der Waals surface area contributed by atoms with E-state index in [2.05, 4.69) is 23.9 Å². The number of rotatable bonds is 2. The minimum absolute atomic E-state index is 0.689. The van der Waals surface area contributed by atoms with Crippen molar-refractivity contribution in [2.24, 2.45) is 5.73 Å². The molecule has 66 valence electrons. The molecule has 11 heavy (non-hydrogen) atoms. The topological polar surface area (TPSA) is 32.5 Å². The van der Waals surface area contributed by atoms with Crippen molar-refractivity contribution in [1.29, 1.82) is 0 Å². The van der Waals surface area contributed by atoms with E-state index < -0.39 is 0 Å². The second-order valence-electron chi connectivity index (χ2n) is 3.47. The van der Waals surface area contributed by atoms with Crippen molar-refractivity contribution < 1.29 is 0 Å². The molecule has 3 nitrogen and oxygen atoms in total. The van der Waals surface area contributed by atoms with Crippen LogP contribution in [0.3, 0.4) is 0 Å². The molecule has 0 spiro atoms. The highest BCUT2D eigenvalue weighted by molar-refractivity contribution is 4.75. The molecule has 1 rings (SSSR count). The Morgan fingerprint density at radius 2 is 2.00 bits per heavy atom. The zero-order valence-electron chi connectivity index (χ0n) is 7.58. The Labute approximate surface area is 69.1 Å². The van der Waals surface area contributed by atoms with Crippen molar-refractivity contribution in [2.75, 3.05) is 33.9 Å². The molecular formula is C8H19N3. The van der Waals surface area contributed by atoms with Crippen LogP contribution in [0.25, 0.3) is 0 Å². The quantitative estimate of drug-likeness (QED) is 0.569. The van der Waals surface area contributed by atoms with Gasteiger partial charge >= 0.3 is 0 Å². The van der Waals surface area contributed by atoms with Crippen LogP contribution in [0.15, 0.2) is 0 Å². The van der Waals surface area contributed by atoms with Crippen molar-refractivity contribution in [2.45, 2.75) is 18.9 Å². The van der Waals surface area contributed by atoms with Crippen LogP contribution in [0.4, 0.5) is 0 Å². The fraction of sp³-hybridized carbons (Fsp3) is 1.00. The summed E-state index contributed by atoms with van der Waals surface area (Å²) in [5.74, 6) is 0. The highest BCUT2D eigenvalue weighted by Gasteiger charge is 2.18. The van der Waals surface area contributed by atoms with Gasteiger partial charge in [-0.05, 0) is 40.0 Å². The number of nitrogens with two attached hydrogens (primary N) is 1. The van der Waals surface area contributed by atoms with E-state index in [4.69, 9.17) is 5.73 Å². The summed E-state index contributed by atoms with van der Waals surface area (Å²) in [6.45, 7) is 3.12. The number of piperidine rings is 1. The molecule has 0 radical (unpaired) electrons. The molecule has 0 aliphatic carbocycles. The van der Waals surface area contributed by atoms with Gasteiger partial charge in [-0.3, -0.25) is 4.90 Å². The first-order valence-electron chi connectivity index (χ1n) is 4.33. The van der Waals surface area contributed by atoms with Gasteiger partial charge < -0.3 is 10.6 Å². The Morgan fingerprint density at radius 3 is 2.45 bits per heavy atom. The van der Waals surface area contributed by atoms with Gasteiger partial charge in [0.05, 0.1) is 0 Å². The Kier molecular flexibility index (Phi) is 3.30. The summed E-state index contributed by atoms with van der Waals surface area (Å²) in [6, 6.07) is 0.719. The Morgan fingerprint density at radius 1 is 1.45 bits per heavy atom. The molecule has 0 aromatic rings. The fourth-order valence-electron chi connectivity index (χ4n) is 1.58. The third kappa shape index (κ3) is 2.43. The van der Waals surface area contributed by atoms with Crippen LogP contribution in [0.5, 0.6) is 0 Å². The average Bonchev–Trinajstić information content (AvgIpc) is 2.05. The molecule has 0 unspecified atom stereocenters. The summed E-state index contributed by atoms with van der Waals surface area (Å²) in [5.41, 5.74) is 5.55. The predicted octanol–water partition coefficient (Wildman–Crippen LogP) is -0.0714. The molecular weight excluding hydrogens is 138 g/mol. The molecule has 3 heteroatoms. The van der Waals surface area contributed by atoms with Crippen LogP contribution in [0.1, 0.15) is 12.8 Å². The van der Waals surface area contributed by atoms with Crippen LogP contribution in [0, 0.1) is 0 Å². The van der Waals surface area contributed by atoms with Crippen molar-refractivity contribution in [3.8, 4) is 0 Å². The molecule has 0 aromatic heterocycles. The van der Waals surface area contributed by atoms with Gasteiger partial charge in [0.2, 0.25) is 0 Å². The summed E-state index contributed by atoms with van der Waals surface area (Å²) in [7, 11) is 4.29. The van der Waals surface area contributed by atoms with Crippen molar-refractivity contribution in [3.05, 3.63) is 0 Å². The molecule has 1 fully saturated rings. The molecule has 0 aromatic carbocycles. The largest absolute Gasteiger partial charge is 0.318 e. The SMILES string of the molecule is CN1CCC(N(C)CN)CC1. The number of likely N-dealkylation sites (tertiary alicyclic amines) is 1. The smallest absolute Gasteiger partial charge is 0.0455 e. The summed E-state index contributed by atoms with van der Waals surface area (Å²) < 4.78 is 0. The van der Waals surface area contributed by atoms with Crippen molar-refractivity contribution in [1.82, 2.24) is 9.80 Å². The Balaban J connectivity index is 2.27. The normalized spacial score (nSPS) is 22.9. The van der Waals surface area contributed by atoms with E-state index in [1.54, 1.807) is 0 Å². The van der Waals surface area contributed by atoms with Gasteiger partial charge in [0.25, 0.3) is 0 Å². The van der Waals surface area contributed by atoms with Gasteiger partial charge in [-0.2, -0.15) is 0 Å². The van der Waals surface area contributed by atoms with Gasteiger partial charge in [-0.25, -0.2) is 0 Å². The zero-order chi connectivity index (χ0) is 8.27. The van der Waals surface area contributed by atoms with E-state index in [0.717, 1.165) is 6.04 Å². The summed E-state index contributed by atoms with van der Waals surface area (Å²) in [5, 5.41) is 0. The van der Waals surface area contributed by atoms with E-state index in [0.29, 0.717) is 6.67 Å². The molecule has 1 heterocycles. The maximum absolute atomic E-state index is 5.55. The minimum Gasteiger partial charge on any atom is -0.318 e. The van der Waals surface area contributed by atoms with Crippen LogP contribution in [0.2, 0.25) is 0 Å². The first-order chi connectivity index (χ1) is 5.24. The lowest BCUT2D eigenvalue weighted by molar-refractivity contribution is 0.147. The second kappa shape index (κ2) is 4.04. The molecule has 2 N–H and O–H groups in total. The van der Waals surface area contributed by atoms with Crippen LogP contribution in [-0.2, 0) is 0 Å². The monoisotopic (exact) mass is 157 g/mol. The zero-order valence-corrected chi connectivity index (χ0v) is 7.58. The molecule has 0 saturated carbocycles. The summed E-state index contributed by atoms with van der Waals surface area (Å²) in [6.07, 6.45) is 2.54. The molecule has 1 aliphatic heterocycles. The van der Waals surface area contributed by atoms with Gasteiger partial charge in [0.1, 0.15) is 0 Å². The maximum Gasteiger partial charge on any atom is 0.0455 e.